The summed E-state index contributed by atoms with van der Waals surface area (Å²) in [5.41, 5.74) is -0.0470. The zero-order valence-corrected chi connectivity index (χ0v) is 17.9. The molecule has 168 valence electrons. The minimum atomic E-state index is -4.60. The van der Waals surface area contributed by atoms with Crippen LogP contribution in [0.15, 0.2) is 72.4 Å². The van der Waals surface area contributed by atoms with Crippen LogP contribution >= 0.6 is 12.2 Å². The van der Waals surface area contributed by atoms with E-state index in [-0.39, 0.29) is 16.4 Å². The van der Waals surface area contributed by atoms with Crippen molar-refractivity contribution in [3.63, 3.8) is 0 Å². The molecule has 1 aliphatic rings. The van der Waals surface area contributed by atoms with Crippen LogP contribution in [0.4, 0.5) is 18.9 Å². The Kier molecular flexibility index (Phi) is 5.77. The van der Waals surface area contributed by atoms with Gasteiger partial charge in [-0.1, -0.05) is 6.07 Å². The fraction of sp³-hybridized carbons (Fsp3) is 0.0870. The lowest BCUT2D eigenvalue weighted by atomic mass is 10.1. The first-order valence-corrected chi connectivity index (χ1v) is 10.0. The van der Waals surface area contributed by atoms with Gasteiger partial charge in [0, 0.05) is 17.6 Å². The molecule has 4 rings (SSSR count). The maximum Gasteiger partial charge on any atom is 0.416 e. The Labute approximate surface area is 191 Å². The van der Waals surface area contributed by atoms with E-state index in [1.54, 1.807) is 54.3 Å². The molecule has 1 aromatic heterocycles. The molecule has 0 atom stereocenters. The fourth-order valence-corrected chi connectivity index (χ4v) is 3.63. The molecule has 0 saturated carbocycles. The Morgan fingerprint density at radius 2 is 1.73 bits per heavy atom. The summed E-state index contributed by atoms with van der Waals surface area (Å²) in [5, 5.41) is 2.08. The lowest BCUT2D eigenvalue weighted by molar-refractivity contribution is -0.137. The Morgan fingerprint density at radius 3 is 2.39 bits per heavy atom. The highest BCUT2D eigenvalue weighted by molar-refractivity contribution is 7.80. The number of thiocarbonyl (C=S) groups is 1. The van der Waals surface area contributed by atoms with Gasteiger partial charge >= 0.3 is 6.18 Å². The maximum absolute atomic E-state index is 13.2. The van der Waals surface area contributed by atoms with Crippen LogP contribution in [0.5, 0.6) is 5.75 Å². The number of alkyl halides is 3. The molecule has 6 nitrogen and oxygen atoms in total. The van der Waals surface area contributed by atoms with Gasteiger partial charge in [0.15, 0.2) is 5.11 Å². The van der Waals surface area contributed by atoms with Crippen molar-refractivity contribution in [1.82, 2.24) is 9.88 Å². The topological polar surface area (TPSA) is 63.6 Å². The van der Waals surface area contributed by atoms with Crippen molar-refractivity contribution in [3.05, 3.63) is 83.7 Å². The zero-order valence-electron chi connectivity index (χ0n) is 17.1. The van der Waals surface area contributed by atoms with E-state index in [0.717, 1.165) is 22.7 Å². The molecule has 2 aromatic carbocycles. The van der Waals surface area contributed by atoms with E-state index in [4.69, 9.17) is 17.0 Å². The van der Waals surface area contributed by atoms with Crippen molar-refractivity contribution in [3.8, 4) is 11.4 Å². The monoisotopic (exact) mass is 471 g/mol. The van der Waals surface area contributed by atoms with Gasteiger partial charge in [-0.05, 0) is 72.9 Å². The minimum absolute atomic E-state index is 0.101. The van der Waals surface area contributed by atoms with Crippen LogP contribution < -0.4 is 15.0 Å². The second-order valence-corrected chi connectivity index (χ2v) is 7.39. The number of nitrogens with one attached hydrogen (secondary N) is 1. The molecule has 0 spiro atoms. The Hall–Kier alpha value is -3.92. The average molecular weight is 471 g/mol. The van der Waals surface area contributed by atoms with Crippen molar-refractivity contribution >= 4 is 40.9 Å². The number of nitrogens with zero attached hydrogens (tertiary/aromatic N) is 2. The molecule has 10 heteroatoms. The standard InChI is InChI=1S/C23H16F3N3O3S/c1-32-18-9-7-15(8-10-18)28-11-3-6-16(28)13-19-20(30)27-22(33)29(21(19)31)17-5-2-4-14(12-17)23(24,25)26/h2-13H,1H3,(H,27,30,33)/b19-13+. The number of anilines is 1. The summed E-state index contributed by atoms with van der Waals surface area (Å²) in [7, 11) is 1.55. The number of halogens is 3. The number of hydrogen-bond donors (Lipinski definition) is 1. The van der Waals surface area contributed by atoms with Crippen LogP contribution in [0, 0.1) is 0 Å². The molecule has 3 aromatic rings. The third kappa shape index (κ3) is 4.37. The predicted molar refractivity (Wildman–Crippen MR) is 120 cm³/mol. The summed E-state index contributed by atoms with van der Waals surface area (Å²) in [6, 6.07) is 14.7. The molecular formula is C23H16F3N3O3S. The number of benzene rings is 2. The molecule has 1 aliphatic heterocycles. The number of rotatable bonds is 4. The van der Waals surface area contributed by atoms with Crippen LogP contribution in [0.2, 0.25) is 0 Å². The van der Waals surface area contributed by atoms with Gasteiger partial charge in [-0.2, -0.15) is 13.2 Å². The summed E-state index contributed by atoms with van der Waals surface area (Å²) in [5.74, 6) is -0.904. The summed E-state index contributed by atoms with van der Waals surface area (Å²) >= 11 is 5.07. The highest BCUT2D eigenvalue weighted by Gasteiger charge is 2.36. The van der Waals surface area contributed by atoms with Crippen molar-refractivity contribution in [2.75, 3.05) is 12.0 Å². The lowest BCUT2D eigenvalue weighted by Crippen LogP contribution is -2.54. The van der Waals surface area contributed by atoms with Gasteiger partial charge < -0.3 is 9.30 Å². The van der Waals surface area contributed by atoms with E-state index in [1.807, 2.05) is 0 Å². The number of methoxy groups -OCH3 is 1. The molecule has 0 bridgehead atoms. The van der Waals surface area contributed by atoms with E-state index < -0.39 is 23.6 Å². The number of carbonyl (C=O) groups is 2. The largest absolute Gasteiger partial charge is 0.497 e. The molecule has 1 N–H and O–H groups in total. The summed E-state index contributed by atoms with van der Waals surface area (Å²) in [6.07, 6.45) is -1.49. The van der Waals surface area contributed by atoms with Crippen molar-refractivity contribution in [2.45, 2.75) is 6.18 Å². The summed E-state index contributed by atoms with van der Waals surface area (Å²) in [4.78, 5) is 26.6. The number of amides is 2. The van der Waals surface area contributed by atoms with Crippen molar-refractivity contribution in [2.24, 2.45) is 0 Å². The van der Waals surface area contributed by atoms with Crippen LogP contribution in [0.1, 0.15) is 11.3 Å². The molecule has 33 heavy (non-hydrogen) atoms. The predicted octanol–water partition coefficient (Wildman–Crippen LogP) is 4.34. The van der Waals surface area contributed by atoms with Gasteiger partial charge in [-0.3, -0.25) is 19.8 Å². The number of ether oxygens (including phenoxy) is 1. The van der Waals surface area contributed by atoms with Gasteiger partial charge in [0.05, 0.1) is 18.4 Å². The van der Waals surface area contributed by atoms with E-state index in [9.17, 15) is 22.8 Å². The summed E-state index contributed by atoms with van der Waals surface area (Å²) < 4.78 is 46.3. The number of hydrogen-bond acceptors (Lipinski definition) is 4. The third-order valence-electron chi connectivity index (χ3n) is 4.96. The SMILES string of the molecule is COc1ccc(-n2cccc2/C=C2\C(=O)NC(=S)N(c3cccc(C(F)(F)F)c3)C2=O)cc1. The molecule has 0 unspecified atom stereocenters. The average Bonchev–Trinajstić information content (AvgIpc) is 3.24. The Balaban J connectivity index is 1.72. The van der Waals surface area contributed by atoms with E-state index in [2.05, 4.69) is 5.32 Å². The zero-order chi connectivity index (χ0) is 23.8. The lowest BCUT2D eigenvalue weighted by Gasteiger charge is -2.29. The quantitative estimate of drug-likeness (QED) is 0.350. The Bertz CT molecular complexity index is 1280. The van der Waals surface area contributed by atoms with Crippen molar-refractivity contribution < 1.29 is 27.5 Å². The first kappa shape index (κ1) is 22.3. The summed E-state index contributed by atoms with van der Waals surface area (Å²) in [6.45, 7) is 0. The van der Waals surface area contributed by atoms with Crippen LogP contribution in [0.3, 0.4) is 0 Å². The first-order chi connectivity index (χ1) is 15.7. The molecular weight excluding hydrogens is 455 g/mol. The normalized spacial score (nSPS) is 15.7. The van der Waals surface area contributed by atoms with Crippen LogP contribution in [-0.2, 0) is 15.8 Å². The highest BCUT2D eigenvalue weighted by atomic mass is 32.1. The van der Waals surface area contributed by atoms with E-state index in [1.165, 1.54) is 18.2 Å². The van der Waals surface area contributed by atoms with Gasteiger partial charge in [0.2, 0.25) is 0 Å². The van der Waals surface area contributed by atoms with E-state index in [0.29, 0.717) is 11.4 Å². The second kappa shape index (κ2) is 8.55. The first-order valence-electron chi connectivity index (χ1n) is 9.59. The van der Waals surface area contributed by atoms with Gasteiger partial charge in [-0.15, -0.1) is 0 Å². The van der Waals surface area contributed by atoms with E-state index >= 15 is 0 Å². The molecule has 1 saturated heterocycles. The highest BCUT2D eigenvalue weighted by Crippen LogP contribution is 2.32. The van der Waals surface area contributed by atoms with Crippen molar-refractivity contribution in [1.29, 1.82) is 0 Å². The number of aromatic nitrogens is 1. The molecule has 0 radical (unpaired) electrons. The van der Waals surface area contributed by atoms with Gasteiger partial charge in [-0.25, -0.2) is 0 Å². The Morgan fingerprint density at radius 1 is 1.00 bits per heavy atom. The second-order valence-electron chi connectivity index (χ2n) is 7.01. The number of carbonyl (C=O) groups excluding carboxylic acids is 2. The van der Waals surface area contributed by atoms with Gasteiger partial charge in [0.1, 0.15) is 11.3 Å². The van der Waals surface area contributed by atoms with Gasteiger partial charge in [0.25, 0.3) is 11.8 Å². The molecule has 2 heterocycles. The minimum Gasteiger partial charge on any atom is -0.497 e. The molecule has 0 aliphatic carbocycles. The van der Waals surface area contributed by atoms with Crippen LogP contribution in [0.25, 0.3) is 11.8 Å². The van der Waals surface area contributed by atoms with Crippen LogP contribution in [-0.4, -0.2) is 28.6 Å². The molecule has 1 fully saturated rings. The smallest absolute Gasteiger partial charge is 0.416 e. The molecule has 2 amide bonds. The maximum atomic E-state index is 13.2. The third-order valence-corrected chi connectivity index (χ3v) is 5.24. The fourth-order valence-electron chi connectivity index (χ4n) is 3.35.